The highest BCUT2D eigenvalue weighted by Gasteiger charge is 2.10. The molecule has 2 amide bonds. The van der Waals surface area contributed by atoms with E-state index in [9.17, 15) is 9.59 Å². The standard InChI is InChI=1S/C19H19ClN2O3/c1-12(15-6-4-5-7-18(15)25-3)10-19(24)22-17-11-14(20)8-9-16(17)21-13(2)23/h4-11H,1-3H3,(H,21,23)(H,22,24). The molecule has 2 rings (SSSR count). The molecule has 0 aliphatic heterocycles. The van der Waals surface area contributed by atoms with Gasteiger partial charge in [-0.3, -0.25) is 9.59 Å². The van der Waals surface area contributed by atoms with Crippen LogP contribution < -0.4 is 15.4 Å². The number of carbonyl (C=O) groups excluding carboxylic acids is 2. The molecule has 130 valence electrons. The fourth-order valence-corrected chi connectivity index (χ4v) is 2.50. The fourth-order valence-electron chi connectivity index (χ4n) is 2.33. The molecule has 0 saturated heterocycles. The van der Waals surface area contributed by atoms with Crippen molar-refractivity contribution in [3.8, 4) is 5.75 Å². The van der Waals surface area contributed by atoms with Gasteiger partial charge in [0.15, 0.2) is 0 Å². The molecule has 2 aromatic carbocycles. The lowest BCUT2D eigenvalue weighted by Gasteiger charge is -2.12. The van der Waals surface area contributed by atoms with Crippen LogP contribution in [0.4, 0.5) is 11.4 Å². The van der Waals surface area contributed by atoms with Crippen LogP contribution in [0.5, 0.6) is 5.75 Å². The van der Waals surface area contributed by atoms with Gasteiger partial charge in [-0.2, -0.15) is 0 Å². The van der Waals surface area contributed by atoms with E-state index in [1.165, 1.54) is 13.0 Å². The molecule has 0 aliphatic carbocycles. The van der Waals surface area contributed by atoms with E-state index in [0.717, 1.165) is 11.1 Å². The van der Waals surface area contributed by atoms with Crippen LogP contribution in [0.2, 0.25) is 5.02 Å². The van der Waals surface area contributed by atoms with Gasteiger partial charge >= 0.3 is 0 Å². The van der Waals surface area contributed by atoms with Crippen molar-refractivity contribution in [2.24, 2.45) is 0 Å². The first-order chi connectivity index (χ1) is 11.9. The maximum Gasteiger partial charge on any atom is 0.248 e. The monoisotopic (exact) mass is 358 g/mol. The van der Waals surface area contributed by atoms with Crippen molar-refractivity contribution < 1.29 is 14.3 Å². The van der Waals surface area contributed by atoms with Gasteiger partial charge in [0.2, 0.25) is 11.8 Å². The zero-order chi connectivity index (χ0) is 18.4. The highest BCUT2D eigenvalue weighted by atomic mass is 35.5. The minimum atomic E-state index is -0.336. The lowest BCUT2D eigenvalue weighted by Crippen LogP contribution is -2.13. The molecular weight excluding hydrogens is 340 g/mol. The minimum absolute atomic E-state index is 0.237. The van der Waals surface area contributed by atoms with Gasteiger partial charge in [-0.05, 0) is 36.8 Å². The summed E-state index contributed by atoms with van der Waals surface area (Å²) in [7, 11) is 1.58. The van der Waals surface area contributed by atoms with Crippen LogP contribution in [0.25, 0.3) is 5.57 Å². The van der Waals surface area contributed by atoms with Gasteiger partial charge in [-0.15, -0.1) is 0 Å². The number of methoxy groups -OCH3 is 1. The summed E-state index contributed by atoms with van der Waals surface area (Å²) in [6.07, 6.45) is 1.47. The topological polar surface area (TPSA) is 67.4 Å². The number of ether oxygens (including phenoxy) is 1. The number of amides is 2. The number of nitrogens with one attached hydrogen (secondary N) is 2. The molecule has 2 N–H and O–H groups in total. The second-order valence-electron chi connectivity index (χ2n) is 5.39. The molecule has 0 aliphatic rings. The highest BCUT2D eigenvalue weighted by Crippen LogP contribution is 2.27. The Kier molecular flexibility index (Phi) is 6.19. The summed E-state index contributed by atoms with van der Waals surface area (Å²) in [5.41, 5.74) is 2.48. The van der Waals surface area contributed by atoms with Crippen molar-refractivity contribution in [1.29, 1.82) is 0 Å². The molecule has 0 heterocycles. The first-order valence-corrected chi connectivity index (χ1v) is 7.98. The highest BCUT2D eigenvalue weighted by molar-refractivity contribution is 6.31. The summed E-state index contributed by atoms with van der Waals surface area (Å²) in [6, 6.07) is 12.3. The van der Waals surface area contributed by atoms with E-state index >= 15 is 0 Å². The number of rotatable bonds is 5. The van der Waals surface area contributed by atoms with E-state index in [0.29, 0.717) is 22.1 Å². The number of allylic oxidation sites excluding steroid dienone is 1. The van der Waals surface area contributed by atoms with Crippen LogP contribution in [-0.4, -0.2) is 18.9 Å². The summed E-state index contributed by atoms with van der Waals surface area (Å²) in [6.45, 7) is 3.22. The summed E-state index contributed by atoms with van der Waals surface area (Å²) in [5.74, 6) is 0.113. The quantitative estimate of drug-likeness (QED) is 0.781. The van der Waals surface area contributed by atoms with Crippen LogP contribution in [0.3, 0.4) is 0 Å². The summed E-state index contributed by atoms with van der Waals surface area (Å²) in [4.78, 5) is 23.6. The largest absolute Gasteiger partial charge is 0.496 e. The summed E-state index contributed by atoms with van der Waals surface area (Å²) in [5, 5.41) is 5.85. The number of hydrogen-bond acceptors (Lipinski definition) is 3. The average molecular weight is 359 g/mol. The summed E-state index contributed by atoms with van der Waals surface area (Å²) >= 11 is 5.98. The Morgan fingerprint density at radius 3 is 2.44 bits per heavy atom. The molecule has 0 aromatic heterocycles. The number of benzene rings is 2. The zero-order valence-electron chi connectivity index (χ0n) is 14.2. The fraction of sp³-hybridized carbons (Fsp3) is 0.158. The Balaban J connectivity index is 2.25. The molecular formula is C19H19ClN2O3. The molecule has 25 heavy (non-hydrogen) atoms. The maximum atomic E-state index is 12.4. The van der Waals surface area contributed by atoms with E-state index in [4.69, 9.17) is 16.3 Å². The predicted molar refractivity (Wildman–Crippen MR) is 101 cm³/mol. The van der Waals surface area contributed by atoms with Gasteiger partial charge in [0.1, 0.15) is 5.75 Å². The molecule has 5 nitrogen and oxygen atoms in total. The van der Waals surface area contributed by atoms with Crippen molar-refractivity contribution in [2.75, 3.05) is 17.7 Å². The van der Waals surface area contributed by atoms with Crippen LogP contribution in [0.15, 0.2) is 48.5 Å². The van der Waals surface area contributed by atoms with Crippen LogP contribution in [-0.2, 0) is 9.59 Å². The first-order valence-electron chi connectivity index (χ1n) is 7.60. The molecule has 0 radical (unpaired) electrons. The second kappa shape index (κ2) is 8.35. The Hall–Kier alpha value is -2.79. The third-order valence-electron chi connectivity index (χ3n) is 3.43. The SMILES string of the molecule is COc1ccccc1C(C)=CC(=O)Nc1cc(Cl)ccc1NC(C)=O. The normalized spacial score (nSPS) is 11.0. The van der Waals surface area contributed by atoms with E-state index in [-0.39, 0.29) is 11.8 Å². The molecule has 0 atom stereocenters. The second-order valence-corrected chi connectivity index (χ2v) is 5.82. The van der Waals surface area contributed by atoms with E-state index in [1.54, 1.807) is 25.3 Å². The third-order valence-corrected chi connectivity index (χ3v) is 3.66. The van der Waals surface area contributed by atoms with Crippen molar-refractivity contribution in [2.45, 2.75) is 13.8 Å². The smallest absolute Gasteiger partial charge is 0.248 e. The number of para-hydroxylation sites is 1. The van der Waals surface area contributed by atoms with Crippen LogP contribution in [0.1, 0.15) is 19.4 Å². The number of hydrogen-bond donors (Lipinski definition) is 2. The Labute approximate surface area is 151 Å². The van der Waals surface area contributed by atoms with Crippen molar-refractivity contribution in [3.05, 3.63) is 59.1 Å². The van der Waals surface area contributed by atoms with Gasteiger partial charge in [0, 0.05) is 23.6 Å². The summed E-state index contributed by atoms with van der Waals surface area (Å²) < 4.78 is 5.31. The predicted octanol–water partition coefficient (Wildman–Crippen LogP) is 4.35. The molecule has 2 aromatic rings. The number of halogens is 1. The molecule has 0 fully saturated rings. The van der Waals surface area contributed by atoms with Gasteiger partial charge in [-0.1, -0.05) is 29.8 Å². The number of carbonyl (C=O) groups is 2. The zero-order valence-corrected chi connectivity index (χ0v) is 15.0. The van der Waals surface area contributed by atoms with Gasteiger partial charge in [0.05, 0.1) is 18.5 Å². The van der Waals surface area contributed by atoms with Gasteiger partial charge < -0.3 is 15.4 Å². The van der Waals surface area contributed by atoms with Crippen molar-refractivity contribution in [1.82, 2.24) is 0 Å². The van der Waals surface area contributed by atoms with E-state index < -0.39 is 0 Å². The van der Waals surface area contributed by atoms with E-state index in [2.05, 4.69) is 10.6 Å². The van der Waals surface area contributed by atoms with E-state index in [1.807, 2.05) is 31.2 Å². The number of anilines is 2. The van der Waals surface area contributed by atoms with Crippen LogP contribution in [0, 0.1) is 0 Å². The molecule has 0 saturated carbocycles. The Morgan fingerprint density at radius 2 is 1.76 bits per heavy atom. The molecule has 0 bridgehead atoms. The third kappa shape index (κ3) is 5.09. The van der Waals surface area contributed by atoms with Gasteiger partial charge in [0.25, 0.3) is 0 Å². The molecule has 0 unspecified atom stereocenters. The first kappa shape index (κ1) is 18.5. The van der Waals surface area contributed by atoms with Crippen LogP contribution >= 0.6 is 11.6 Å². The van der Waals surface area contributed by atoms with Gasteiger partial charge in [-0.25, -0.2) is 0 Å². The van der Waals surface area contributed by atoms with Crippen molar-refractivity contribution in [3.63, 3.8) is 0 Å². The Bertz CT molecular complexity index is 831. The lowest BCUT2D eigenvalue weighted by atomic mass is 10.1. The average Bonchev–Trinajstić information content (AvgIpc) is 2.56. The lowest BCUT2D eigenvalue weighted by molar-refractivity contribution is -0.114. The maximum absolute atomic E-state index is 12.4. The minimum Gasteiger partial charge on any atom is -0.496 e. The Morgan fingerprint density at radius 1 is 1.04 bits per heavy atom. The molecule has 0 spiro atoms. The van der Waals surface area contributed by atoms with Crippen molar-refractivity contribution >= 4 is 40.4 Å². The molecule has 6 heteroatoms.